The maximum atomic E-state index is 13.3. The van der Waals surface area contributed by atoms with Crippen molar-refractivity contribution < 1.29 is 36.6 Å². The Morgan fingerprint density at radius 1 is 1.05 bits per heavy atom. The van der Waals surface area contributed by atoms with Gasteiger partial charge in [0.15, 0.2) is 16.7 Å². The Labute approximate surface area is 221 Å². The molecular formula is C26H24F3N3O5S. The van der Waals surface area contributed by atoms with Crippen LogP contribution in [0.5, 0.6) is 17.2 Å². The summed E-state index contributed by atoms with van der Waals surface area (Å²) in [6.45, 7) is 0.108. The molecule has 1 saturated heterocycles. The van der Waals surface area contributed by atoms with Crippen molar-refractivity contribution in [2.75, 3.05) is 21.3 Å². The topological polar surface area (TPSA) is 85.9 Å². The minimum Gasteiger partial charge on any atom is -0.493 e. The summed E-state index contributed by atoms with van der Waals surface area (Å²) in [7, 11) is 4.49. The molecule has 1 atom stereocenters. The Kier molecular flexibility index (Phi) is 8.30. The van der Waals surface area contributed by atoms with E-state index in [1.807, 2.05) is 0 Å². The highest BCUT2D eigenvalue weighted by Crippen LogP contribution is 2.38. The average molecular weight is 548 g/mol. The third-order valence-corrected chi connectivity index (χ3v) is 6.79. The summed E-state index contributed by atoms with van der Waals surface area (Å²) < 4.78 is 60.9. The summed E-state index contributed by atoms with van der Waals surface area (Å²) in [5.74, 6) is 1.53. The minimum absolute atomic E-state index is 0.0949. The first-order valence-corrected chi connectivity index (χ1v) is 12.2. The van der Waals surface area contributed by atoms with E-state index in [0.717, 1.165) is 23.9 Å². The van der Waals surface area contributed by atoms with Crippen molar-refractivity contribution in [3.63, 3.8) is 0 Å². The standard InChI is InChI=1S/C26H24F3N3O5S/c1-34-20-11-17(12-21(35-2)23(20)36-3)14-30-31-25-32(15-19-8-5-9-37-19)24(33)22(38-25)13-16-6-4-7-18(10-16)26(27,28)29/h4-12,14,22H,13,15H2,1-3H3/b30-14-,31-25-/t22-/m1/s1. The zero-order chi connectivity index (χ0) is 27.3. The zero-order valence-corrected chi connectivity index (χ0v) is 21.5. The summed E-state index contributed by atoms with van der Waals surface area (Å²) >= 11 is 1.13. The molecule has 8 nitrogen and oxygen atoms in total. The molecule has 4 rings (SSSR count). The van der Waals surface area contributed by atoms with Crippen LogP contribution >= 0.6 is 11.8 Å². The van der Waals surface area contributed by atoms with Crippen molar-refractivity contribution in [3.05, 3.63) is 77.2 Å². The number of alkyl halides is 3. The van der Waals surface area contributed by atoms with Crippen LogP contribution in [-0.4, -0.2) is 48.8 Å². The van der Waals surface area contributed by atoms with E-state index in [1.54, 1.807) is 30.3 Å². The van der Waals surface area contributed by atoms with Gasteiger partial charge in [-0.15, -0.1) is 5.10 Å². The fraction of sp³-hybridized carbons (Fsp3) is 0.269. The van der Waals surface area contributed by atoms with Gasteiger partial charge in [0.1, 0.15) is 5.76 Å². The lowest BCUT2D eigenvalue weighted by molar-refractivity contribution is -0.137. The Balaban J connectivity index is 1.60. The molecule has 2 aromatic carbocycles. The van der Waals surface area contributed by atoms with Crippen LogP contribution in [0.25, 0.3) is 0 Å². The molecular weight excluding hydrogens is 523 g/mol. The molecule has 3 aromatic rings. The SMILES string of the molecule is COc1cc(/C=N\N=C2/S[C@H](Cc3cccc(C(F)(F)F)c3)C(=O)N2Cc2ccco2)cc(OC)c1OC. The van der Waals surface area contributed by atoms with Gasteiger partial charge >= 0.3 is 6.18 Å². The molecule has 2 heterocycles. The van der Waals surface area contributed by atoms with Gasteiger partial charge in [-0.3, -0.25) is 9.69 Å². The summed E-state index contributed by atoms with van der Waals surface area (Å²) in [4.78, 5) is 14.7. The van der Waals surface area contributed by atoms with Crippen LogP contribution in [0.15, 0.2) is 69.4 Å². The summed E-state index contributed by atoms with van der Waals surface area (Å²) in [5, 5.41) is 8.02. The molecule has 1 amide bonds. The quantitative estimate of drug-likeness (QED) is 0.263. The van der Waals surface area contributed by atoms with Crippen LogP contribution in [0.3, 0.4) is 0 Å². The second-order valence-electron chi connectivity index (χ2n) is 8.10. The van der Waals surface area contributed by atoms with Crippen LogP contribution in [-0.2, 0) is 23.9 Å². The van der Waals surface area contributed by atoms with Crippen molar-refractivity contribution >= 4 is 29.1 Å². The number of benzene rings is 2. The number of hydrogen-bond donors (Lipinski definition) is 0. The van der Waals surface area contributed by atoms with E-state index in [1.165, 1.54) is 44.8 Å². The van der Waals surface area contributed by atoms with Crippen LogP contribution in [0.2, 0.25) is 0 Å². The van der Waals surface area contributed by atoms with Gasteiger partial charge in [-0.05, 0) is 42.3 Å². The Morgan fingerprint density at radius 3 is 2.39 bits per heavy atom. The lowest BCUT2D eigenvalue weighted by Crippen LogP contribution is -2.32. The second kappa shape index (κ2) is 11.6. The number of thioether (sulfide) groups is 1. The summed E-state index contributed by atoms with van der Waals surface area (Å²) in [6, 6.07) is 11.8. The van der Waals surface area contributed by atoms with E-state index >= 15 is 0 Å². The third kappa shape index (κ3) is 6.13. The monoisotopic (exact) mass is 547 g/mol. The molecule has 38 heavy (non-hydrogen) atoms. The molecule has 200 valence electrons. The molecule has 0 N–H and O–H groups in total. The molecule has 12 heteroatoms. The number of ether oxygens (including phenoxy) is 3. The number of hydrogen-bond acceptors (Lipinski definition) is 8. The molecule has 0 unspecified atom stereocenters. The van der Waals surface area contributed by atoms with Crippen LogP contribution in [0.4, 0.5) is 13.2 Å². The summed E-state index contributed by atoms with van der Waals surface area (Å²) in [6.07, 6.45) is -1.42. The van der Waals surface area contributed by atoms with Crippen molar-refractivity contribution in [1.29, 1.82) is 0 Å². The third-order valence-electron chi connectivity index (χ3n) is 5.63. The Hall–Kier alpha value is -3.93. The van der Waals surface area contributed by atoms with E-state index in [-0.39, 0.29) is 18.9 Å². The van der Waals surface area contributed by atoms with Gasteiger partial charge in [-0.25, -0.2) is 0 Å². The van der Waals surface area contributed by atoms with Crippen LogP contribution in [0.1, 0.15) is 22.5 Å². The summed E-state index contributed by atoms with van der Waals surface area (Å²) in [5.41, 5.74) is 0.240. The smallest absolute Gasteiger partial charge is 0.416 e. The van der Waals surface area contributed by atoms with Crippen molar-refractivity contribution in [2.45, 2.75) is 24.4 Å². The number of nitrogens with zero attached hydrogens (tertiary/aromatic N) is 3. The lowest BCUT2D eigenvalue weighted by atomic mass is 10.1. The average Bonchev–Trinajstić information content (AvgIpc) is 3.52. The highest BCUT2D eigenvalue weighted by Gasteiger charge is 2.39. The van der Waals surface area contributed by atoms with Crippen LogP contribution < -0.4 is 14.2 Å². The second-order valence-corrected chi connectivity index (χ2v) is 9.27. The highest BCUT2D eigenvalue weighted by atomic mass is 32.2. The molecule has 1 aromatic heterocycles. The minimum atomic E-state index is -4.47. The van der Waals surface area contributed by atoms with Gasteiger partial charge in [0, 0.05) is 5.56 Å². The van der Waals surface area contributed by atoms with E-state index < -0.39 is 17.0 Å². The molecule has 0 saturated carbocycles. The molecule has 0 aliphatic carbocycles. The highest BCUT2D eigenvalue weighted by molar-refractivity contribution is 8.15. The fourth-order valence-corrected chi connectivity index (χ4v) is 4.96. The molecule has 0 bridgehead atoms. The van der Waals surface area contributed by atoms with Gasteiger partial charge in [0.05, 0.1) is 51.2 Å². The number of methoxy groups -OCH3 is 3. The van der Waals surface area contributed by atoms with Gasteiger partial charge in [0.25, 0.3) is 0 Å². The van der Waals surface area contributed by atoms with Gasteiger partial charge in [-0.1, -0.05) is 30.0 Å². The first-order chi connectivity index (χ1) is 18.2. The maximum absolute atomic E-state index is 13.3. The van der Waals surface area contributed by atoms with E-state index in [2.05, 4.69) is 10.2 Å². The number of amidine groups is 1. The number of furan rings is 1. The van der Waals surface area contributed by atoms with Gasteiger partial charge in [-0.2, -0.15) is 18.3 Å². The van der Waals surface area contributed by atoms with E-state index in [0.29, 0.717) is 39.3 Å². The molecule has 1 aliphatic rings. The predicted octanol–water partition coefficient (Wildman–Crippen LogP) is 5.40. The van der Waals surface area contributed by atoms with Gasteiger partial charge in [0.2, 0.25) is 11.7 Å². The Bertz CT molecular complexity index is 1320. The van der Waals surface area contributed by atoms with Crippen molar-refractivity contribution in [2.24, 2.45) is 10.2 Å². The number of carbonyl (C=O) groups excluding carboxylic acids is 1. The first-order valence-electron chi connectivity index (χ1n) is 11.3. The molecule has 0 spiro atoms. The van der Waals surface area contributed by atoms with Gasteiger partial charge < -0.3 is 18.6 Å². The lowest BCUT2D eigenvalue weighted by Gasteiger charge is -2.14. The molecule has 0 radical (unpaired) electrons. The molecule has 1 fully saturated rings. The number of halogens is 3. The number of rotatable bonds is 9. The first kappa shape index (κ1) is 27.1. The van der Waals surface area contributed by atoms with Crippen molar-refractivity contribution in [3.8, 4) is 17.2 Å². The number of carbonyl (C=O) groups is 1. The van der Waals surface area contributed by atoms with Crippen molar-refractivity contribution in [1.82, 2.24) is 4.90 Å². The van der Waals surface area contributed by atoms with E-state index in [9.17, 15) is 18.0 Å². The van der Waals surface area contributed by atoms with Crippen LogP contribution in [0, 0.1) is 0 Å². The predicted molar refractivity (Wildman–Crippen MR) is 137 cm³/mol. The zero-order valence-electron chi connectivity index (χ0n) is 20.7. The normalized spacial score (nSPS) is 17.0. The Morgan fingerprint density at radius 2 is 1.79 bits per heavy atom. The largest absolute Gasteiger partial charge is 0.493 e. The number of amides is 1. The maximum Gasteiger partial charge on any atom is 0.416 e. The molecule has 1 aliphatic heterocycles. The fourth-order valence-electron chi connectivity index (χ4n) is 3.83. The van der Waals surface area contributed by atoms with E-state index in [4.69, 9.17) is 18.6 Å².